The summed E-state index contributed by atoms with van der Waals surface area (Å²) in [5.41, 5.74) is 5.50. The third-order valence-electron chi connectivity index (χ3n) is 12.2. The van der Waals surface area contributed by atoms with Crippen LogP contribution in [0.25, 0.3) is 0 Å². The Morgan fingerprint density at radius 2 is 1.74 bits per heavy atom. The Morgan fingerprint density at radius 3 is 2.51 bits per heavy atom. The monoisotopic (exact) mass is 493 g/mol. The van der Waals surface area contributed by atoms with Gasteiger partial charge in [-0.25, -0.2) is 0 Å². The van der Waals surface area contributed by atoms with Crippen molar-refractivity contribution in [3.8, 4) is 0 Å². The van der Waals surface area contributed by atoms with E-state index in [1.54, 1.807) is 7.11 Å². The topological polar surface area (TPSA) is 103 Å². The maximum absolute atomic E-state index is 12.3. The van der Waals surface area contributed by atoms with Crippen LogP contribution in [0.2, 0.25) is 0 Å². The Hall–Kier alpha value is -0.280. The molecule has 0 aromatic rings. The zero-order chi connectivity index (χ0) is 24.8. The Balaban J connectivity index is 1.15. The largest absolute Gasteiger partial charge is 0.389 e. The van der Waals surface area contributed by atoms with E-state index in [0.717, 1.165) is 57.8 Å². The first-order valence-corrected chi connectivity index (χ1v) is 14.2. The number of ether oxygens (including phenoxy) is 4. The van der Waals surface area contributed by atoms with Gasteiger partial charge < -0.3 is 34.9 Å². The highest BCUT2D eigenvalue weighted by Gasteiger charge is 2.74. The van der Waals surface area contributed by atoms with Crippen LogP contribution in [-0.4, -0.2) is 66.0 Å². The number of hydrogen-bond acceptors (Lipinski definition) is 7. The van der Waals surface area contributed by atoms with Gasteiger partial charge in [-0.15, -0.1) is 0 Å². The van der Waals surface area contributed by atoms with Gasteiger partial charge in [0, 0.05) is 24.9 Å². The van der Waals surface area contributed by atoms with E-state index in [1.165, 1.54) is 0 Å². The molecule has 13 atom stereocenters. The molecule has 1 spiro atoms. The summed E-state index contributed by atoms with van der Waals surface area (Å²) in [4.78, 5) is 0. The Bertz CT molecular complexity index is 823. The summed E-state index contributed by atoms with van der Waals surface area (Å²) in [6.07, 6.45) is 9.80. The van der Waals surface area contributed by atoms with Crippen LogP contribution in [0.1, 0.15) is 85.0 Å². The lowest BCUT2D eigenvalue weighted by Gasteiger charge is -2.63. The zero-order valence-electron chi connectivity index (χ0n) is 22.1. The molecule has 7 heteroatoms. The predicted octanol–water partition coefficient (Wildman–Crippen LogP) is 3.34. The normalized spacial score (nSPS) is 59.9. The molecular weight excluding hydrogens is 446 g/mol. The van der Waals surface area contributed by atoms with Gasteiger partial charge in [0.1, 0.15) is 0 Å². The van der Waals surface area contributed by atoms with Crippen LogP contribution in [-0.2, 0) is 18.9 Å². The maximum atomic E-state index is 12.3. The lowest BCUT2D eigenvalue weighted by atomic mass is 9.43. The standard InChI is InChI=1S/C28H47NO6/c1-16-24(29)21(32-4)14-23(34-16)35-18-7-10-25(2)17(13-18)5-6-20-19(25)8-11-27-15-33-26(3,30)22(27)9-12-28(20,27)31/h16-24,30-31H,5-15,29H2,1-4H3/t16-,17+,18+,19-,20-,21-,22-,23+,24-,25+,26+,27+,28+/m1/s1. The second-order valence-electron chi connectivity index (χ2n) is 13.4. The molecular formula is C28H47NO6. The van der Waals surface area contributed by atoms with Gasteiger partial charge in [-0.3, -0.25) is 0 Å². The molecule has 0 aromatic heterocycles. The minimum absolute atomic E-state index is 0.0288. The number of methoxy groups -OCH3 is 1. The SMILES string of the molecule is CO[C@@H]1C[C@H](O[C@H]2CC[C@@]3(C)[C@@H](CC[C@@H]4[C@H]3CC[C@]35CO[C@](C)(O)[C@H]3CC[C@]45O)C2)O[C@H](C)[C@H]1N. The number of aliphatic hydroxyl groups is 2. The Morgan fingerprint density at radius 1 is 0.943 bits per heavy atom. The summed E-state index contributed by atoms with van der Waals surface area (Å²) < 4.78 is 24.2. The van der Waals surface area contributed by atoms with Crippen molar-refractivity contribution < 1.29 is 29.2 Å². The molecule has 2 aliphatic heterocycles. The summed E-state index contributed by atoms with van der Waals surface area (Å²) in [6.45, 7) is 6.82. The summed E-state index contributed by atoms with van der Waals surface area (Å²) in [5.74, 6) is 0.408. The lowest BCUT2D eigenvalue weighted by Crippen LogP contribution is -2.63. The highest BCUT2D eigenvalue weighted by atomic mass is 16.7. The van der Waals surface area contributed by atoms with E-state index in [-0.39, 0.29) is 47.4 Å². The first-order chi connectivity index (χ1) is 16.5. The first-order valence-electron chi connectivity index (χ1n) is 14.2. The first kappa shape index (κ1) is 25.0. The summed E-state index contributed by atoms with van der Waals surface area (Å²) in [7, 11) is 1.72. The van der Waals surface area contributed by atoms with E-state index in [1.807, 2.05) is 13.8 Å². The van der Waals surface area contributed by atoms with Crippen LogP contribution in [0.15, 0.2) is 0 Å². The molecule has 6 aliphatic rings. The number of fused-ring (bicyclic) bond motifs is 4. The summed E-state index contributed by atoms with van der Waals surface area (Å²) in [6, 6.07) is -0.116. The predicted molar refractivity (Wildman–Crippen MR) is 130 cm³/mol. The van der Waals surface area contributed by atoms with Gasteiger partial charge in [-0.05, 0) is 94.8 Å². The molecule has 4 aliphatic carbocycles. The highest BCUT2D eigenvalue weighted by Crippen LogP contribution is 2.72. The van der Waals surface area contributed by atoms with E-state index in [9.17, 15) is 10.2 Å². The van der Waals surface area contributed by atoms with Crippen LogP contribution in [0, 0.1) is 34.5 Å². The molecule has 4 N–H and O–H groups in total. The molecule has 2 saturated heterocycles. The Kier molecular flexibility index (Phi) is 5.98. The molecule has 0 amide bonds. The van der Waals surface area contributed by atoms with Crippen molar-refractivity contribution in [3.63, 3.8) is 0 Å². The fraction of sp³-hybridized carbons (Fsp3) is 1.00. The van der Waals surface area contributed by atoms with Gasteiger partial charge >= 0.3 is 0 Å². The van der Waals surface area contributed by atoms with Crippen LogP contribution < -0.4 is 5.73 Å². The molecule has 6 rings (SSSR count). The second-order valence-corrected chi connectivity index (χ2v) is 13.4. The molecule has 0 bridgehead atoms. The van der Waals surface area contributed by atoms with Gasteiger partial charge in [0.15, 0.2) is 12.1 Å². The quantitative estimate of drug-likeness (QED) is 0.518. The van der Waals surface area contributed by atoms with Gasteiger partial charge in [0.2, 0.25) is 0 Å². The smallest absolute Gasteiger partial charge is 0.166 e. The average Bonchev–Trinajstić information content (AvgIpc) is 3.28. The van der Waals surface area contributed by atoms with Crippen molar-refractivity contribution in [1.82, 2.24) is 0 Å². The molecule has 4 saturated carbocycles. The zero-order valence-corrected chi connectivity index (χ0v) is 22.1. The Labute approximate surface area is 210 Å². The number of rotatable bonds is 3. The fourth-order valence-corrected chi connectivity index (χ4v) is 10.2. The minimum Gasteiger partial charge on any atom is -0.389 e. The number of hydrogen-bond donors (Lipinski definition) is 3. The van der Waals surface area contributed by atoms with Crippen molar-refractivity contribution in [2.45, 2.75) is 127 Å². The van der Waals surface area contributed by atoms with Gasteiger partial charge in [-0.2, -0.15) is 0 Å². The van der Waals surface area contributed by atoms with Crippen molar-refractivity contribution in [2.75, 3.05) is 13.7 Å². The van der Waals surface area contributed by atoms with Gasteiger partial charge in [0.05, 0.1) is 36.6 Å². The molecule has 35 heavy (non-hydrogen) atoms. The summed E-state index contributed by atoms with van der Waals surface area (Å²) >= 11 is 0. The third kappa shape index (κ3) is 3.48. The molecule has 2 heterocycles. The number of nitrogens with two attached hydrogens (primary N) is 1. The van der Waals surface area contributed by atoms with Crippen LogP contribution in [0.3, 0.4) is 0 Å². The molecule has 0 radical (unpaired) electrons. The van der Waals surface area contributed by atoms with Crippen molar-refractivity contribution in [3.05, 3.63) is 0 Å². The highest BCUT2D eigenvalue weighted by molar-refractivity contribution is 5.21. The van der Waals surface area contributed by atoms with E-state index < -0.39 is 11.4 Å². The minimum atomic E-state index is -1.10. The third-order valence-corrected chi connectivity index (χ3v) is 12.2. The molecule has 0 unspecified atom stereocenters. The van der Waals surface area contributed by atoms with Crippen LogP contribution in [0.4, 0.5) is 0 Å². The molecule has 200 valence electrons. The summed E-state index contributed by atoms with van der Waals surface area (Å²) in [5, 5.41) is 23.2. The molecule has 6 fully saturated rings. The van der Waals surface area contributed by atoms with E-state index >= 15 is 0 Å². The molecule has 0 aromatic carbocycles. The second kappa shape index (κ2) is 8.36. The van der Waals surface area contributed by atoms with E-state index in [2.05, 4.69) is 6.92 Å². The van der Waals surface area contributed by atoms with Gasteiger partial charge in [0.25, 0.3) is 0 Å². The lowest BCUT2D eigenvalue weighted by molar-refractivity contribution is -0.255. The van der Waals surface area contributed by atoms with Crippen LogP contribution in [0.5, 0.6) is 0 Å². The fourth-order valence-electron chi connectivity index (χ4n) is 10.2. The van der Waals surface area contributed by atoms with E-state index in [0.29, 0.717) is 30.8 Å². The van der Waals surface area contributed by atoms with Crippen molar-refractivity contribution >= 4 is 0 Å². The van der Waals surface area contributed by atoms with E-state index in [4.69, 9.17) is 24.7 Å². The maximum Gasteiger partial charge on any atom is 0.166 e. The van der Waals surface area contributed by atoms with Gasteiger partial charge in [-0.1, -0.05) is 6.92 Å². The van der Waals surface area contributed by atoms with Crippen LogP contribution >= 0.6 is 0 Å². The van der Waals surface area contributed by atoms with Crippen molar-refractivity contribution in [2.24, 2.45) is 40.2 Å². The molecule has 7 nitrogen and oxygen atoms in total. The average molecular weight is 494 g/mol. The van der Waals surface area contributed by atoms with Crippen molar-refractivity contribution in [1.29, 1.82) is 0 Å².